The summed E-state index contributed by atoms with van der Waals surface area (Å²) in [5, 5.41) is -0.0478. The van der Waals surface area contributed by atoms with Crippen molar-refractivity contribution in [2.24, 2.45) is 11.7 Å². The number of hydrogen-bond acceptors (Lipinski definition) is 8. The van der Waals surface area contributed by atoms with Crippen LogP contribution in [-0.4, -0.2) is 54.6 Å². The fourth-order valence-electron chi connectivity index (χ4n) is 4.44. The number of fused-ring (bicyclic) bond motifs is 1. The summed E-state index contributed by atoms with van der Waals surface area (Å²) >= 11 is 6.69. The van der Waals surface area contributed by atoms with Gasteiger partial charge in [0.15, 0.2) is 11.2 Å². The van der Waals surface area contributed by atoms with Gasteiger partial charge in [0.25, 0.3) is 0 Å². The second kappa shape index (κ2) is 9.94. The van der Waals surface area contributed by atoms with Gasteiger partial charge in [-0.25, -0.2) is 4.39 Å². The molecule has 0 radical (unpaired) electrons. The molecule has 2 aromatic rings. The number of nitrogens with two attached hydrogens (primary N) is 1. The monoisotopic (exact) mass is 507 g/mol. The van der Waals surface area contributed by atoms with E-state index < -0.39 is 40.4 Å². The Balaban J connectivity index is 1.89. The molecule has 1 aromatic heterocycles. The molecule has 2 aliphatic rings. The molecule has 0 bridgehead atoms. The molecule has 1 aliphatic carbocycles. The van der Waals surface area contributed by atoms with Crippen LogP contribution >= 0.6 is 11.6 Å². The third-order valence-electron chi connectivity index (χ3n) is 6.24. The van der Waals surface area contributed by atoms with Crippen molar-refractivity contribution >= 4 is 45.9 Å². The topological polar surface area (TPSA) is 121 Å². The molecule has 2 N–H and O–H groups in total. The van der Waals surface area contributed by atoms with E-state index in [4.69, 9.17) is 26.8 Å². The Labute approximate surface area is 205 Å². The number of halogens is 2. The van der Waals surface area contributed by atoms with Gasteiger partial charge in [0.05, 0.1) is 40.4 Å². The Morgan fingerprint density at radius 1 is 1.17 bits per heavy atom. The van der Waals surface area contributed by atoms with E-state index in [0.717, 1.165) is 18.9 Å². The molecule has 35 heavy (non-hydrogen) atoms. The zero-order valence-corrected chi connectivity index (χ0v) is 20.3. The van der Waals surface area contributed by atoms with Crippen LogP contribution in [0.3, 0.4) is 0 Å². The lowest BCUT2D eigenvalue weighted by Crippen LogP contribution is -2.37. The Kier molecular flexibility index (Phi) is 7.14. The fourth-order valence-corrected chi connectivity index (χ4v) is 4.85. The molecule has 1 saturated carbocycles. The van der Waals surface area contributed by atoms with Gasteiger partial charge in [-0.05, 0) is 39.2 Å². The average molecular weight is 508 g/mol. The fraction of sp³-hybridized carbons (Fsp3) is 0.500. The van der Waals surface area contributed by atoms with Crippen molar-refractivity contribution in [1.29, 1.82) is 0 Å². The molecular weight excluding hydrogens is 481 g/mol. The van der Waals surface area contributed by atoms with E-state index in [2.05, 4.69) is 0 Å². The lowest BCUT2D eigenvalue weighted by molar-refractivity contribution is -0.158. The van der Waals surface area contributed by atoms with Crippen molar-refractivity contribution < 1.29 is 28.2 Å². The highest BCUT2D eigenvalue weighted by Gasteiger charge is 2.40. The lowest BCUT2D eigenvalue weighted by Gasteiger charge is -2.23. The molecule has 188 valence electrons. The Morgan fingerprint density at radius 2 is 1.80 bits per heavy atom. The van der Waals surface area contributed by atoms with E-state index in [0.29, 0.717) is 25.0 Å². The molecule has 0 amide bonds. The van der Waals surface area contributed by atoms with Crippen LogP contribution in [0.15, 0.2) is 17.1 Å². The first-order chi connectivity index (χ1) is 16.7. The van der Waals surface area contributed by atoms with Gasteiger partial charge < -0.3 is 24.7 Å². The second-order valence-electron chi connectivity index (χ2n) is 8.72. The van der Waals surface area contributed by atoms with Crippen molar-refractivity contribution in [2.45, 2.75) is 45.2 Å². The van der Waals surface area contributed by atoms with Crippen molar-refractivity contribution in [3.05, 3.63) is 38.9 Å². The van der Waals surface area contributed by atoms with Gasteiger partial charge in [0, 0.05) is 31.4 Å². The third-order valence-corrected chi connectivity index (χ3v) is 6.60. The van der Waals surface area contributed by atoms with E-state index in [1.165, 1.54) is 20.0 Å². The number of carbonyl (C=O) groups excluding carboxylic acids is 3. The standard InChI is InChI=1S/C24H27ClFN3O6/c1-3-34-23(32)17(24(33)35-4-2)22(31)15-11-29(13-5-6-13)19-14(21(15)30)9-16(26)20(18(19)25)28-8-7-12(27)10-28/h9,11-13,17H,3-8,10,27H2,1-2H3. The average Bonchev–Trinajstić information content (AvgIpc) is 3.56. The normalized spacial score (nSPS) is 17.8. The predicted octanol–water partition coefficient (Wildman–Crippen LogP) is 2.59. The van der Waals surface area contributed by atoms with Gasteiger partial charge in [-0.1, -0.05) is 11.6 Å². The highest BCUT2D eigenvalue weighted by molar-refractivity contribution is 6.38. The molecule has 9 nitrogen and oxygen atoms in total. The maximum Gasteiger partial charge on any atom is 0.328 e. The van der Waals surface area contributed by atoms with Crippen molar-refractivity contribution in [2.75, 3.05) is 31.2 Å². The number of nitrogens with zero attached hydrogens (tertiary/aromatic N) is 2. The van der Waals surface area contributed by atoms with E-state index in [1.54, 1.807) is 9.47 Å². The number of ketones is 1. The van der Waals surface area contributed by atoms with Crippen LogP contribution in [0.25, 0.3) is 10.9 Å². The summed E-state index contributed by atoms with van der Waals surface area (Å²) in [5.74, 6) is -5.96. The number of carbonyl (C=O) groups is 3. The van der Waals surface area contributed by atoms with Crippen LogP contribution in [0.2, 0.25) is 5.02 Å². The Hall–Kier alpha value is -2.98. The number of aromatic nitrogens is 1. The quantitative estimate of drug-likeness (QED) is 0.329. The maximum atomic E-state index is 15.3. The smallest absolute Gasteiger partial charge is 0.328 e. The first kappa shape index (κ1) is 25.1. The van der Waals surface area contributed by atoms with Gasteiger partial charge in [-0.3, -0.25) is 19.2 Å². The number of hydrogen-bond donors (Lipinski definition) is 1. The summed E-state index contributed by atoms with van der Waals surface area (Å²) in [4.78, 5) is 53.4. The molecule has 2 fully saturated rings. The predicted molar refractivity (Wildman–Crippen MR) is 127 cm³/mol. The van der Waals surface area contributed by atoms with Gasteiger partial charge in [0.2, 0.25) is 5.92 Å². The van der Waals surface area contributed by atoms with Crippen LogP contribution in [0.1, 0.15) is 49.5 Å². The summed E-state index contributed by atoms with van der Waals surface area (Å²) < 4.78 is 26.7. The molecular formula is C24H27ClFN3O6. The first-order valence-electron chi connectivity index (χ1n) is 11.6. The molecule has 1 aromatic carbocycles. The summed E-state index contributed by atoms with van der Waals surface area (Å²) in [6, 6.07) is 0.877. The minimum atomic E-state index is -1.96. The highest BCUT2D eigenvalue weighted by Crippen LogP contribution is 2.42. The minimum Gasteiger partial charge on any atom is -0.465 e. The maximum absolute atomic E-state index is 15.3. The van der Waals surface area contributed by atoms with E-state index in [1.807, 2.05) is 0 Å². The number of benzene rings is 1. The van der Waals surface area contributed by atoms with Crippen LogP contribution in [-0.2, 0) is 19.1 Å². The van der Waals surface area contributed by atoms with Crippen LogP contribution in [0.4, 0.5) is 10.1 Å². The van der Waals surface area contributed by atoms with Gasteiger partial charge in [-0.15, -0.1) is 0 Å². The zero-order chi connectivity index (χ0) is 25.4. The summed E-state index contributed by atoms with van der Waals surface area (Å²) in [7, 11) is 0. The number of anilines is 1. The number of Topliss-reactive ketones (excluding diaryl/α,β-unsaturated/α-hetero) is 1. The largest absolute Gasteiger partial charge is 0.465 e. The van der Waals surface area contributed by atoms with E-state index in [-0.39, 0.29) is 41.4 Å². The summed E-state index contributed by atoms with van der Waals surface area (Å²) in [6.07, 6.45) is 3.52. The Bertz CT molecular complexity index is 1240. The highest BCUT2D eigenvalue weighted by atomic mass is 35.5. The number of ether oxygens (including phenoxy) is 2. The van der Waals surface area contributed by atoms with Crippen LogP contribution < -0.4 is 16.1 Å². The van der Waals surface area contributed by atoms with Gasteiger partial charge in [0.1, 0.15) is 5.82 Å². The number of rotatable bonds is 8. The molecule has 1 aliphatic heterocycles. The molecule has 4 rings (SSSR count). The minimum absolute atomic E-state index is 0.0597. The molecule has 1 saturated heterocycles. The van der Waals surface area contributed by atoms with E-state index >= 15 is 4.39 Å². The number of pyridine rings is 1. The van der Waals surface area contributed by atoms with Crippen molar-refractivity contribution in [3.8, 4) is 0 Å². The van der Waals surface area contributed by atoms with Gasteiger partial charge in [-0.2, -0.15) is 0 Å². The number of esters is 2. The van der Waals surface area contributed by atoms with Crippen LogP contribution in [0.5, 0.6) is 0 Å². The molecule has 11 heteroatoms. The van der Waals surface area contributed by atoms with Crippen LogP contribution in [0, 0.1) is 11.7 Å². The van der Waals surface area contributed by atoms with Crippen molar-refractivity contribution in [1.82, 2.24) is 4.57 Å². The molecule has 2 heterocycles. The molecule has 1 unspecified atom stereocenters. The van der Waals surface area contributed by atoms with Gasteiger partial charge >= 0.3 is 11.9 Å². The lowest BCUT2D eigenvalue weighted by atomic mass is 9.96. The summed E-state index contributed by atoms with van der Waals surface area (Å²) in [6.45, 7) is 3.85. The Morgan fingerprint density at radius 3 is 2.31 bits per heavy atom. The second-order valence-corrected chi connectivity index (χ2v) is 9.10. The van der Waals surface area contributed by atoms with E-state index in [9.17, 15) is 19.2 Å². The third kappa shape index (κ3) is 4.64. The first-order valence-corrected chi connectivity index (χ1v) is 12.0. The molecule has 1 atom stereocenters. The zero-order valence-electron chi connectivity index (χ0n) is 19.5. The SMILES string of the molecule is CCOC(=O)C(C(=O)OCC)C(=O)c1cn(C2CC2)c2c(Cl)c(N3CCC(N)C3)c(F)cc2c1=O. The van der Waals surface area contributed by atoms with Crippen molar-refractivity contribution in [3.63, 3.8) is 0 Å². The summed E-state index contributed by atoms with van der Waals surface area (Å²) in [5.41, 5.74) is 5.19. The molecule has 0 spiro atoms.